The summed E-state index contributed by atoms with van der Waals surface area (Å²) in [6.45, 7) is 8.37. The molecule has 2 N–H and O–H groups in total. The third kappa shape index (κ3) is 4.77. The highest BCUT2D eigenvalue weighted by Crippen LogP contribution is 2.52. The SMILES string of the molecule is CC1(C)CC(=O)C2=C(C1)NC1=C(C(=O)CC(C)(C)C1)C2c1cc(N=Nc2ccc(I)cc2)ccc1O. The van der Waals surface area contributed by atoms with Crippen molar-refractivity contribution in [2.75, 3.05) is 0 Å². The van der Waals surface area contributed by atoms with Crippen LogP contribution in [0.2, 0.25) is 0 Å². The Labute approximate surface area is 225 Å². The van der Waals surface area contributed by atoms with Crippen LogP contribution in [0.3, 0.4) is 0 Å². The molecule has 0 radical (unpaired) electrons. The van der Waals surface area contributed by atoms with E-state index in [1.165, 1.54) is 0 Å². The Hall–Kier alpha value is -2.81. The smallest absolute Gasteiger partial charge is 0.162 e. The third-order valence-electron chi connectivity index (χ3n) is 7.15. The Morgan fingerprint density at radius 2 is 1.31 bits per heavy atom. The summed E-state index contributed by atoms with van der Waals surface area (Å²) in [5.74, 6) is -0.525. The lowest BCUT2D eigenvalue weighted by atomic mass is 9.64. The zero-order chi connectivity index (χ0) is 25.8. The molecule has 7 heteroatoms. The minimum absolute atomic E-state index is 0.0215. The van der Waals surface area contributed by atoms with Crippen molar-refractivity contribution in [3.8, 4) is 5.75 Å². The van der Waals surface area contributed by atoms with Crippen LogP contribution in [-0.2, 0) is 9.59 Å². The van der Waals surface area contributed by atoms with Crippen LogP contribution in [0.15, 0.2) is 75.2 Å². The maximum Gasteiger partial charge on any atom is 0.162 e. The normalized spacial score (nSPS) is 21.5. The number of Topliss-reactive ketones (excluding diaryl/α,β-unsaturated/α-hetero) is 2. The van der Waals surface area contributed by atoms with Gasteiger partial charge in [-0.15, -0.1) is 0 Å². The van der Waals surface area contributed by atoms with Gasteiger partial charge in [0.1, 0.15) is 5.75 Å². The summed E-state index contributed by atoms with van der Waals surface area (Å²) in [7, 11) is 0. The number of dihydropyridines is 1. The topological polar surface area (TPSA) is 91.1 Å². The fraction of sp³-hybridized carbons (Fsp3) is 0.379. The first-order valence-corrected chi connectivity index (χ1v) is 13.3. The lowest BCUT2D eigenvalue weighted by Gasteiger charge is -2.44. The zero-order valence-electron chi connectivity index (χ0n) is 21.0. The number of rotatable bonds is 3. The molecular weight excluding hydrogens is 565 g/mol. The second-order valence-corrected chi connectivity index (χ2v) is 12.9. The number of halogens is 1. The molecule has 0 unspecified atom stereocenters. The number of ketones is 2. The van der Waals surface area contributed by atoms with Gasteiger partial charge in [0.05, 0.1) is 11.4 Å². The van der Waals surface area contributed by atoms with Gasteiger partial charge in [-0.25, -0.2) is 0 Å². The summed E-state index contributed by atoms with van der Waals surface area (Å²) in [6.07, 6.45) is 2.23. The summed E-state index contributed by atoms with van der Waals surface area (Å²) >= 11 is 2.24. The van der Waals surface area contributed by atoms with E-state index in [0.717, 1.165) is 20.7 Å². The molecule has 0 saturated carbocycles. The van der Waals surface area contributed by atoms with Crippen LogP contribution in [0.25, 0.3) is 0 Å². The summed E-state index contributed by atoms with van der Waals surface area (Å²) < 4.78 is 1.11. The van der Waals surface area contributed by atoms with Crippen LogP contribution in [0.1, 0.15) is 64.9 Å². The molecule has 0 amide bonds. The van der Waals surface area contributed by atoms with E-state index >= 15 is 0 Å². The number of carbonyl (C=O) groups excluding carboxylic acids is 2. The predicted octanol–water partition coefficient (Wildman–Crippen LogP) is 7.39. The highest BCUT2D eigenvalue weighted by Gasteiger charge is 2.47. The van der Waals surface area contributed by atoms with Crippen molar-refractivity contribution in [3.63, 3.8) is 0 Å². The molecule has 1 aliphatic heterocycles. The number of nitrogens with zero attached hydrogens (tertiary/aromatic N) is 2. The molecule has 0 bridgehead atoms. The number of phenols is 1. The lowest BCUT2D eigenvalue weighted by molar-refractivity contribution is -0.119. The van der Waals surface area contributed by atoms with E-state index in [0.29, 0.717) is 48.1 Å². The number of carbonyl (C=O) groups is 2. The van der Waals surface area contributed by atoms with E-state index in [9.17, 15) is 14.7 Å². The number of nitrogens with one attached hydrogen (secondary N) is 1. The van der Waals surface area contributed by atoms with Crippen molar-refractivity contribution in [3.05, 3.63) is 74.1 Å². The Bertz CT molecular complexity index is 1310. The standard InChI is InChI=1S/C29H30IN3O3/c1-28(2)12-20-26(23(35)14-28)25(27-21(31-20)13-29(3,4)15-24(27)36)19-11-18(9-10-22(19)34)33-32-17-7-5-16(30)6-8-17/h5-11,25,31,34H,12-15H2,1-4H3. The summed E-state index contributed by atoms with van der Waals surface area (Å²) in [5.41, 5.74) is 4.39. The third-order valence-corrected chi connectivity index (χ3v) is 7.87. The van der Waals surface area contributed by atoms with Gasteiger partial charge in [-0.3, -0.25) is 9.59 Å². The first-order valence-electron chi connectivity index (χ1n) is 12.2. The van der Waals surface area contributed by atoms with Crippen molar-refractivity contribution in [1.82, 2.24) is 5.32 Å². The van der Waals surface area contributed by atoms with Gasteiger partial charge < -0.3 is 10.4 Å². The van der Waals surface area contributed by atoms with E-state index < -0.39 is 5.92 Å². The molecule has 2 aromatic carbocycles. The number of hydrogen-bond donors (Lipinski definition) is 2. The summed E-state index contributed by atoms with van der Waals surface area (Å²) in [4.78, 5) is 27.0. The first kappa shape index (κ1) is 24.9. The molecule has 0 atom stereocenters. The van der Waals surface area contributed by atoms with Crippen molar-refractivity contribution in [2.45, 2.75) is 59.3 Å². The Morgan fingerprint density at radius 1 is 0.806 bits per heavy atom. The van der Waals surface area contributed by atoms with Gasteiger partial charge in [-0.1, -0.05) is 27.7 Å². The summed E-state index contributed by atoms with van der Waals surface area (Å²) in [5, 5.41) is 23.2. The molecular formula is C29H30IN3O3. The van der Waals surface area contributed by atoms with Gasteiger partial charge in [0.2, 0.25) is 0 Å². The second kappa shape index (κ2) is 8.94. The molecule has 2 aromatic rings. The molecule has 2 aliphatic carbocycles. The number of phenolic OH excluding ortho intramolecular Hbond substituents is 1. The fourth-order valence-electron chi connectivity index (χ4n) is 5.66. The van der Waals surface area contributed by atoms with Crippen molar-refractivity contribution in [1.29, 1.82) is 0 Å². The van der Waals surface area contributed by atoms with Crippen LogP contribution in [-0.4, -0.2) is 16.7 Å². The van der Waals surface area contributed by atoms with E-state index in [2.05, 4.69) is 65.8 Å². The monoisotopic (exact) mass is 595 g/mol. The lowest BCUT2D eigenvalue weighted by Crippen LogP contribution is -2.42. The van der Waals surface area contributed by atoms with Crippen LogP contribution < -0.4 is 5.32 Å². The quantitative estimate of drug-likeness (QED) is 0.286. The van der Waals surface area contributed by atoms with Gasteiger partial charge >= 0.3 is 0 Å². The highest BCUT2D eigenvalue weighted by molar-refractivity contribution is 14.1. The van der Waals surface area contributed by atoms with E-state index in [-0.39, 0.29) is 28.1 Å². The second-order valence-electron chi connectivity index (χ2n) is 11.6. The van der Waals surface area contributed by atoms with Crippen molar-refractivity contribution < 1.29 is 14.7 Å². The zero-order valence-corrected chi connectivity index (χ0v) is 23.1. The maximum absolute atomic E-state index is 13.5. The number of hydrogen-bond acceptors (Lipinski definition) is 6. The average Bonchev–Trinajstić information content (AvgIpc) is 2.76. The molecule has 3 aliphatic rings. The molecule has 5 rings (SSSR count). The minimum Gasteiger partial charge on any atom is -0.508 e. The predicted molar refractivity (Wildman–Crippen MR) is 147 cm³/mol. The van der Waals surface area contributed by atoms with Gasteiger partial charge in [0.15, 0.2) is 11.6 Å². The summed E-state index contributed by atoms with van der Waals surface area (Å²) in [6, 6.07) is 12.7. The maximum atomic E-state index is 13.5. The fourth-order valence-corrected chi connectivity index (χ4v) is 6.02. The van der Waals surface area contributed by atoms with Gasteiger partial charge in [0, 0.05) is 50.4 Å². The first-order chi connectivity index (χ1) is 16.9. The molecule has 0 saturated heterocycles. The highest BCUT2D eigenvalue weighted by atomic mass is 127. The van der Waals surface area contributed by atoms with Gasteiger partial charge in [-0.05, 0) is 88.7 Å². The molecule has 0 aromatic heterocycles. The van der Waals surface area contributed by atoms with Crippen LogP contribution in [0.5, 0.6) is 5.75 Å². The van der Waals surface area contributed by atoms with Crippen molar-refractivity contribution in [2.24, 2.45) is 21.1 Å². The van der Waals surface area contributed by atoms with Crippen LogP contribution in [0.4, 0.5) is 11.4 Å². The minimum atomic E-state index is -0.614. The molecule has 186 valence electrons. The Kier molecular flexibility index (Phi) is 6.17. The van der Waals surface area contributed by atoms with Crippen LogP contribution >= 0.6 is 22.6 Å². The van der Waals surface area contributed by atoms with Crippen molar-refractivity contribution >= 4 is 45.5 Å². The number of allylic oxidation sites excluding steroid dienone is 4. The van der Waals surface area contributed by atoms with Gasteiger partial charge in [0.25, 0.3) is 0 Å². The molecule has 0 fully saturated rings. The number of benzene rings is 2. The largest absolute Gasteiger partial charge is 0.508 e. The Morgan fingerprint density at radius 3 is 1.86 bits per heavy atom. The molecule has 36 heavy (non-hydrogen) atoms. The Balaban J connectivity index is 1.63. The molecule has 6 nitrogen and oxygen atoms in total. The van der Waals surface area contributed by atoms with E-state index in [1.807, 2.05) is 24.3 Å². The van der Waals surface area contributed by atoms with Gasteiger partial charge in [-0.2, -0.15) is 10.2 Å². The number of aromatic hydroxyl groups is 1. The van der Waals surface area contributed by atoms with Crippen LogP contribution in [0, 0.1) is 14.4 Å². The van der Waals surface area contributed by atoms with E-state index in [4.69, 9.17) is 0 Å². The number of azo groups is 1. The average molecular weight is 595 g/mol. The van der Waals surface area contributed by atoms with E-state index in [1.54, 1.807) is 18.2 Å². The molecule has 0 spiro atoms. The molecule has 1 heterocycles.